The predicted molar refractivity (Wildman–Crippen MR) is 54.3 cm³/mol. The average Bonchev–Trinajstić information content (AvgIpc) is 2.27. The molecule has 1 amide bonds. The number of aromatic nitrogens is 1. The van der Waals surface area contributed by atoms with Crippen molar-refractivity contribution in [2.45, 2.75) is 12.8 Å². The molecule has 0 aliphatic carbocycles. The van der Waals surface area contributed by atoms with Crippen LogP contribution >= 0.6 is 0 Å². The lowest BCUT2D eigenvalue weighted by atomic mass is 10.2. The van der Waals surface area contributed by atoms with Gasteiger partial charge in [-0.2, -0.15) is 0 Å². The average molecular weight is 224 g/mol. The number of rotatable bonds is 6. The molecule has 0 aliphatic rings. The van der Waals surface area contributed by atoms with Gasteiger partial charge in [-0.05, 0) is 18.6 Å². The van der Waals surface area contributed by atoms with E-state index in [1.54, 1.807) is 12.3 Å². The molecule has 0 unspecified atom stereocenters. The van der Waals surface area contributed by atoms with Gasteiger partial charge in [-0.3, -0.25) is 14.6 Å². The van der Waals surface area contributed by atoms with Crippen molar-refractivity contribution in [2.75, 3.05) is 6.61 Å². The Kier molecular flexibility index (Phi) is 4.94. The molecule has 0 aromatic carbocycles. The lowest BCUT2D eigenvalue weighted by molar-refractivity contribution is -0.149. The number of carboxylic acids is 1. The van der Waals surface area contributed by atoms with E-state index in [4.69, 9.17) is 5.11 Å². The molecule has 0 spiro atoms. The zero-order valence-corrected chi connectivity index (χ0v) is 8.55. The van der Waals surface area contributed by atoms with Crippen LogP contribution in [0.1, 0.15) is 12.1 Å². The molecule has 0 radical (unpaired) electrons. The molecule has 0 saturated carbocycles. The third-order valence-corrected chi connectivity index (χ3v) is 1.72. The number of aliphatic carboxylic acids is 1. The first-order valence-electron chi connectivity index (χ1n) is 4.71. The SMILES string of the molecule is O=C(O)CONC(=O)CCc1ccccn1. The van der Waals surface area contributed by atoms with Crippen molar-refractivity contribution in [1.29, 1.82) is 0 Å². The number of aryl methyl sites for hydroxylation is 1. The van der Waals surface area contributed by atoms with Gasteiger partial charge in [-0.15, -0.1) is 0 Å². The molecule has 16 heavy (non-hydrogen) atoms. The Balaban J connectivity index is 2.18. The van der Waals surface area contributed by atoms with E-state index < -0.39 is 12.6 Å². The van der Waals surface area contributed by atoms with Crippen molar-refractivity contribution < 1.29 is 19.5 Å². The summed E-state index contributed by atoms with van der Waals surface area (Å²) in [5.74, 6) is -1.50. The Labute approximate surface area is 92.2 Å². The molecule has 2 N–H and O–H groups in total. The Hall–Kier alpha value is -1.95. The second-order valence-electron chi connectivity index (χ2n) is 3.03. The van der Waals surface area contributed by atoms with Crippen LogP contribution in [0.4, 0.5) is 0 Å². The van der Waals surface area contributed by atoms with Crippen LogP contribution in [0.5, 0.6) is 0 Å². The van der Waals surface area contributed by atoms with Crippen LogP contribution in [-0.2, 0) is 20.8 Å². The quantitative estimate of drug-likeness (QED) is 0.671. The molecular formula is C10H12N2O4. The summed E-state index contributed by atoms with van der Waals surface area (Å²) in [5.41, 5.74) is 2.84. The molecule has 0 bridgehead atoms. The van der Waals surface area contributed by atoms with Gasteiger partial charge in [0.25, 0.3) is 0 Å². The number of nitrogens with zero attached hydrogens (tertiary/aromatic N) is 1. The first kappa shape index (κ1) is 12.1. The number of hydroxylamine groups is 1. The fraction of sp³-hybridized carbons (Fsp3) is 0.300. The second kappa shape index (κ2) is 6.52. The van der Waals surface area contributed by atoms with E-state index in [0.717, 1.165) is 5.69 Å². The highest BCUT2D eigenvalue weighted by molar-refractivity contribution is 5.75. The molecule has 1 aromatic rings. The van der Waals surface area contributed by atoms with Gasteiger partial charge in [0.15, 0.2) is 6.61 Å². The van der Waals surface area contributed by atoms with Crippen molar-refractivity contribution >= 4 is 11.9 Å². The van der Waals surface area contributed by atoms with Crippen LogP contribution in [0.25, 0.3) is 0 Å². The number of carbonyl (C=O) groups excluding carboxylic acids is 1. The summed E-state index contributed by atoms with van der Waals surface area (Å²) in [6.45, 7) is -0.546. The minimum Gasteiger partial charge on any atom is -0.479 e. The van der Waals surface area contributed by atoms with Gasteiger partial charge in [0, 0.05) is 18.3 Å². The van der Waals surface area contributed by atoms with Crippen LogP contribution in [0, 0.1) is 0 Å². The van der Waals surface area contributed by atoms with Gasteiger partial charge in [-0.25, -0.2) is 10.3 Å². The number of carbonyl (C=O) groups is 2. The maximum Gasteiger partial charge on any atom is 0.332 e. The van der Waals surface area contributed by atoms with E-state index >= 15 is 0 Å². The van der Waals surface area contributed by atoms with Crippen LogP contribution in [-0.4, -0.2) is 28.6 Å². The molecule has 1 rings (SSSR count). The van der Waals surface area contributed by atoms with Gasteiger partial charge in [0.05, 0.1) is 0 Å². The number of amides is 1. The molecule has 6 nitrogen and oxygen atoms in total. The topological polar surface area (TPSA) is 88.5 Å². The van der Waals surface area contributed by atoms with E-state index in [-0.39, 0.29) is 12.3 Å². The molecule has 0 aliphatic heterocycles. The molecule has 1 heterocycles. The summed E-state index contributed by atoms with van der Waals surface area (Å²) < 4.78 is 0. The number of pyridine rings is 1. The van der Waals surface area contributed by atoms with Crippen molar-refractivity contribution in [3.05, 3.63) is 30.1 Å². The summed E-state index contributed by atoms with van der Waals surface area (Å²) in [4.78, 5) is 29.7. The Morgan fingerprint density at radius 1 is 1.44 bits per heavy atom. The lowest BCUT2D eigenvalue weighted by Gasteiger charge is -2.03. The minimum absolute atomic E-state index is 0.205. The third kappa shape index (κ3) is 5.06. The second-order valence-corrected chi connectivity index (χ2v) is 3.03. The predicted octanol–water partition coefficient (Wildman–Crippen LogP) is 0.147. The smallest absolute Gasteiger partial charge is 0.332 e. The van der Waals surface area contributed by atoms with E-state index in [9.17, 15) is 9.59 Å². The number of hydrogen-bond donors (Lipinski definition) is 2. The normalized spacial score (nSPS) is 9.75. The van der Waals surface area contributed by atoms with Crippen LogP contribution in [0.2, 0.25) is 0 Å². The minimum atomic E-state index is -1.13. The van der Waals surface area contributed by atoms with E-state index in [2.05, 4.69) is 9.82 Å². The highest BCUT2D eigenvalue weighted by atomic mass is 16.7. The van der Waals surface area contributed by atoms with E-state index in [1.165, 1.54) is 0 Å². The Morgan fingerprint density at radius 2 is 2.25 bits per heavy atom. The van der Waals surface area contributed by atoms with Gasteiger partial charge in [0.2, 0.25) is 5.91 Å². The number of carboxylic acid groups (broad SMARTS) is 1. The van der Waals surface area contributed by atoms with Crippen LogP contribution in [0.15, 0.2) is 24.4 Å². The molecule has 0 saturated heterocycles. The third-order valence-electron chi connectivity index (χ3n) is 1.72. The molecule has 0 fully saturated rings. The standard InChI is InChI=1S/C10H12N2O4/c13-9(12-16-7-10(14)15)5-4-8-3-1-2-6-11-8/h1-3,6H,4-5,7H2,(H,12,13)(H,14,15). The highest BCUT2D eigenvalue weighted by Crippen LogP contribution is 1.97. The molecule has 6 heteroatoms. The van der Waals surface area contributed by atoms with Crippen LogP contribution < -0.4 is 5.48 Å². The summed E-state index contributed by atoms with van der Waals surface area (Å²) in [7, 11) is 0. The summed E-state index contributed by atoms with van der Waals surface area (Å²) >= 11 is 0. The van der Waals surface area contributed by atoms with Crippen molar-refractivity contribution in [3.8, 4) is 0 Å². The van der Waals surface area contributed by atoms with Gasteiger partial charge in [-0.1, -0.05) is 6.07 Å². The van der Waals surface area contributed by atoms with Crippen molar-refractivity contribution in [3.63, 3.8) is 0 Å². The fourth-order valence-electron chi connectivity index (χ4n) is 1.02. The fourth-order valence-corrected chi connectivity index (χ4v) is 1.02. The molecule has 1 aromatic heterocycles. The van der Waals surface area contributed by atoms with E-state index in [0.29, 0.717) is 6.42 Å². The largest absolute Gasteiger partial charge is 0.479 e. The van der Waals surface area contributed by atoms with Gasteiger partial charge >= 0.3 is 5.97 Å². The molecule has 0 atom stereocenters. The monoisotopic (exact) mass is 224 g/mol. The van der Waals surface area contributed by atoms with Gasteiger partial charge < -0.3 is 5.11 Å². The van der Waals surface area contributed by atoms with Crippen molar-refractivity contribution in [2.24, 2.45) is 0 Å². The maximum absolute atomic E-state index is 11.1. The molecular weight excluding hydrogens is 212 g/mol. The highest BCUT2D eigenvalue weighted by Gasteiger charge is 2.04. The van der Waals surface area contributed by atoms with E-state index in [1.807, 2.05) is 17.6 Å². The Bertz CT molecular complexity index is 353. The first-order chi connectivity index (χ1) is 7.68. The summed E-state index contributed by atoms with van der Waals surface area (Å²) in [6.07, 6.45) is 2.34. The summed E-state index contributed by atoms with van der Waals surface area (Å²) in [5, 5.41) is 8.25. The maximum atomic E-state index is 11.1. The molecule has 86 valence electrons. The van der Waals surface area contributed by atoms with Crippen molar-refractivity contribution in [1.82, 2.24) is 10.5 Å². The number of nitrogens with one attached hydrogen (secondary N) is 1. The van der Waals surface area contributed by atoms with Crippen LogP contribution in [0.3, 0.4) is 0 Å². The zero-order chi connectivity index (χ0) is 11.8. The lowest BCUT2D eigenvalue weighted by Crippen LogP contribution is -2.26. The first-order valence-corrected chi connectivity index (χ1v) is 4.71. The Morgan fingerprint density at radius 3 is 2.88 bits per heavy atom. The zero-order valence-electron chi connectivity index (χ0n) is 8.55. The van der Waals surface area contributed by atoms with Gasteiger partial charge in [0.1, 0.15) is 0 Å². The summed E-state index contributed by atoms with van der Waals surface area (Å²) in [6, 6.07) is 5.44. The number of hydrogen-bond acceptors (Lipinski definition) is 4.